The number of imidazole rings is 1. The van der Waals surface area contributed by atoms with Gasteiger partial charge in [-0.25, -0.2) is 4.98 Å². The van der Waals surface area contributed by atoms with E-state index in [1.54, 1.807) is 0 Å². The summed E-state index contributed by atoms with van der Waals surface area (Å²) in [6.07, 6.45) is 1.03. The zero-order valence-corrected chi connectivity index (χ0v) is 14.0. The van der Waals surface area contributed by atoms with Crippen molar-refractivity contribution < 1.29 is 4.74 Å². The SMILES string of the molecule is Cc1ccc2nc(-c3ccc(OCCCN(C)C)cc3)[nH]c2c1. The molecular formula is C19H23N3O. The monoisotopic (exact) mass is 309 g/mol. The third-order valence-electron chi connectivity index (χ3n) is 3.78. The third-order valence-corrected chi connectivity index (χ3v) is 3.78. The second kappa shape index (κ2) is 6.84. The van der Waals surface area contributed by atoms with Crippen molar-refractivity contribution >= 4 is 11.0 Å². The first-order valence-corrected chi connectivity index (χ1v) is 7.96. The number of ether oxygens (including phenoxy) is 1. The molecule has 23 heavy (non-hydrogen) atoms. The van der Waals surface area contributed by atoms with Crippen molar-refractivity contribution in [1.82, 2.24) is 14.9 Å². The van der Waals surface area contributed by atoms with E-state index >= 15 is 0 Å². The minimum absolute atomic E-state index is 0.738. The van der Waals surface area contributed by atoms with E-state index < -0.39 is 0 Å². The van der Waals surface area contributed by atoms with E-state index in [1.165, 1.54) is 5.56 Å². The van der Waals surface area contributed by atoms with Crippen molar-refractivity contribution in [2.75, 3.05) is 27.2 Å². The molecule has 0 spiro atoms. The van der Waals surface area contributed by atoms with E-state index in [-0.39, 0.29) is 0 Å². The number of hydrogen-bond donors (Lipinski definition) is 1. The van der Waals surface area contributed by atoms with Gasteiger partial charge >= 0.3 is 0 Å². The van der Waals surface area contributed by atoms with E-state index in [2.05, 4.69) is 48.0 Å². The second-order valence-electron chi connectivity index (χ2n) is 6.14. The van der Waals surface area contributed by atoms with E-state index in [4.69, 9.17) is 4.74 Å². The number of H-pyrrole nitrogens is 1. The number of hydrogen-bond acceptors (Lipinski definition) is 3. The van der Waals surface area contributed by atoms with Gasteiger partial charge in [-0.15, -0.1) is 0 Å². The van der Waals surface area contributed by atoms with E-state index in [1.807, 2.05) is 30.3 Å². The van der Waals surface area contributed by atoms with Gasteiger partial charge in [-0.05, 0) is 69.4 Å². The fourth-order valence-corrected chi connectivity index (χ4v) is 2.54. The summed E-state index contributed by atoms with van der Waals surface area (Å²) in [5.41, 5.74) is 4.37. The Labute approximate surface area is 137 Å². The summed E-state index contributed by atoms with van der Waals surface area (Å²) in [5, 5.41) is 0. The zero-order chi connectivity index (χ0) is 16.2. The van der Waals surface area contributed by atoms with Crippen LogP contribution in [0.2, 0.25) is 0 Å². The van der Waals surface area contributed by atoms with E-state index in [0.29, 0.717) is 0 Å². The number of nitrogens with one attached hydrogen (secondary N) is 1. The highest BCUT2D eigenvalue weighted by Crippen LogP contribution is 2.23. The van der Waals surface area contributed by atoms with Crippen LogP contribution in [0.5, 0.6) is 5.75 Å². The van der Waals surface area contributed by atoms with Crippen LogP contribution >= 0.6 is 0 Å². The van der Waals surface area contributed by atoms with Crippen molar-refractivity contribution in [3.8, 4) is 17.1 Å². The molecule has 0 aliphatic heterocycles. The number of rotatable bonds is 6. The molecular weight excluding hydrogens is 286 g/mol. The lowest BCUT2D eigenvalue weighted by atomic mass is 10.2. The molecule has 0 saturated carbocycles. The average molecular weight is 309 g/mol. The van der Waals surface area contributed by atoms with Gasteiger partial charge in [0.1, 0.15) is 11.6 Å². The molecule has 3 rings (SSSR count). The zero-order valence-electron chi connectivity index (χ0n) is 14.0. The molecule has 2 aromatic carbocycles. The molecule has 0 aliphatic rings. The molecule has 3 aromatic rings. The van der Waals surface area contributed by atoms with Crippen LogP contribution in [0.15, 0.2) is 42.5 Å². The fraction of sp³-hybridized carbons (Fsp3) is 0.316. The maximum Gasteiger partial charge on any atom is 0.138 e. The summed E-state index contributed by atoms with van der Waals surface area (Å²) in [6.45, 7) is 3.86. The Morgan fingerprint density at radius 2 is 1.87 bits per heavy atom. The molecule has 0 amide bonds. The van der Waals surface area contributed by atoms with Gasteiger partial charge in [0, 0.05) is 12.1 Å². The van der Waals surface area contributed by atoms with E-state index in [9.17, 15) is 0 Å². The standard InChI is InChI=1S/C19H23N3O/c1-14-5-10-17-18(13-14)21-19(20-17)15-6-8-16(9-7-15)23-12-4-11-22(2)3/h5-10,13H,4,11-12H2,1-3H3,(H,20,21). The van der Waals surface area contributed by atoms with Crippen molar-refractivity contribution in [2.24, 2.45) is 0 Å². The normalized spacial score (nSPS) is 11.3. The molecule has 1 heterocycles. The molecule has 4 heteroatoms. The first kappa shape index (κ1) is 15.6. The molecule has 0 radical (unpaired) electrons. The highest BCUT2D eigenvalue weighted by Gasteiger charge is 2.05. The number of aryl methyl sites for hydroxylation is 1. The Morgan fingerprint density at radius 3 is 2.61 bits per heavy atom. The molecule has 120 valence electrons. The molecule has 0 saturated heterocycles. The van der Waals surface area contributed by atoms with E-state index in [0.717, 1.165) is 47.7 Å². The average Bonchev–Trinajstić information content (AvgIpc) is 2.95. The van der Waals surface area contributed by atoms with Crippen LogP contribution < -0.4 is 4.74 Å². The molecule has 0 bridgehead atoms. The molecule has 0 aliphatic carbocycles. The number of aromatic nitrogens is 2. The lowest BCUT2D eigenvalue weighted by Crippen LogP contribution is -2.15. The Balaban J connectivity index is 1.68. The van der Waals surface area contributed by atoms with Gasteiger partial charge in [0.05, 0.1) is 17.6 Å². The molecule has 1 aromatic heterocycles. The fourth-order valence-electron chi connectivity index (χ4n) is 2.54. The largest absolute Gasteiger partial charge is 0.494 e. The summed E-state index contributed by atoms with van der Waals surface area (Å²) < 4.78 is 5.76. The highest BCUT2D eigenvalue weighted by molar-refractivity contribution is 5.80. The first-order chi connectivity index (χ1) is 11.1. The summed E-state index contributed by atoms with van der Waals surface area (Å²) >= 11 is 0. The Morgan fingerprint density at radius 1 is 1.09 bits per heavy atom. The predicted molar refractivity (Wildman–Crippen MR) is 94.9 cm³/mol. The summed E-state index contributed by atoms with van der Waals surface area (Å²) in [7, 11) is 4.15. The van der Waals surface area contributed by atoms with Gasteiger partial charge in [0.15, 0.2) is 0 Å². The Kier molecular flexibility index (Phi) is 4.63. The van der Waals surface area contributed by atoms with Crippen LogP contribution in [-0.4, -0.2) is 42.1 Å². The van der Waals surface area contributed by atoms with Crippen LogP contribution in [0.25, 0.3) is 22.4 Å². The summed E-state index contributed by atoms with van der Waals surface area (Å²) in [4.78, 5) is 10.2. The molecule has 4 nitrogen and oxygen atoms in total. The summed E-state index contributed by atoms with van der Waals surface area (Å²) in [6, 6.07) is 14.4. The van der Waals surface area contributed by atoms with Crippen LogP contribution in [0, 0.1) is 6.92 Å². The maximum atomic E-state index is 5.76. The number of fused-ring (bicyclic) bond motifs is 1. The van der Waals surface area contributed by atoms with Crippen molar-refractivity contribution in [3.05, 3.63) is 48.0 Å². The van der Waals surface area contributed by atoms with Crippen LogP contribution in [0.3, 0.4) is 0 Å². The molecule has 1 N–H and O–H groups in total. The smallest absolute Gasteiger partial charge is 0.138 e. The first-order valence-electron chi connectivity index (χ1n) is 7.96. The number of nitrogens with zero attached hydrogens (tertiary/aromatic N) is 2. The Bertz CT molecular complexity index is 775. The van der Waals surface area contributed by atoms with Crippen LogP contribution in [0.4, 0.5) is 0 Å². The highest BCUT2D eigenvalue weighted by atomic mass is 16.5. The lowest BCUT2D eigenvalue weighted by Gasteiger charge is -2.10. The molecule has 0 fully saturated rings. The van der Waals surface area contributed by atoms with Crippen LogP contribution in [-0.2, 0) is 0 Å². The minimum Gasteiger partial charge on any atom is -0.494 e. The van der Waals surface area contributed by atoms with Crippen LogP contribution in [0.1, 0.15) is 12.0 Å². The van der Waals surface area contributed by atoms with Crippen molar-refractivity contribution in [2.45, 2.75) is 13.3 Å². The van der Waals surface area contributed by atoms with Gasteiger partial charge in [0.2, 0.25) is 0 Å². The predicted octanol–water partition coefficient (Wildman–Crippen LogP) is 3.87. The quantitative estimate of drug-likeness (QED) is 0.703. The van der Waals surface area contributed by atoms with Crippen molar-refractivity contribution in [3.63, 3.8) is 0 Å². The minimum atomic E-state index is 0.738. The number of benzene rings is 2. The lowest BCUT2D eigenvalue weighted by molar-refractivity contribution is 0.281. The van der Waals surface area contributed by atoms with Gasteiger partial charge in [-0.2, -0.15) is 0 Å². The summed E-state index contributed by atoms with van der Waals surface area (Å²) in [5.74, 6) is 1.80. The molecule has 0 atom stereocenters. The third kappa shape index (κ3) is 3.90. The molecule has 0 unspecified atom stereocenters. The second-order valence-corrected chi connectivity index (χ2v) is 6.14. The van der Waals surface area contributed by atoms with Gasteiger partial charge in [-0.1, -0.05) is 6.07 Å². The van der Waals surface area contributed by atoms with Gasteiger partial charge in [-0.3, -0.25) is 0 Å². The van der Waals surface area contributed by atoms with Crippen molar-refractivity contribution in [1.29, 1.82) is 0 Å². The Hall–Kier alpha value is -2.33. The van der Waals surface area contributed by atoms with Gasteiger partial charge in [0.25, 0.3) is 0 Å². The maximum absolute atomic E-state index is 5.76. The number of aromatic amines is 1. The topological polar surface area (TPSA) is 41.1 Å². The van der Waals surface area contributed by atoms with Gasteiger partial charge < -0.3 is 14.6 Å².